The first kappa shape index (κ1) is 15.8. The van der Waals surface area contributed by atoms with E-state index in [4.69, 9.17) is 0 Å². The van der Waals surface area contributed by atoms with Crippen LogP contribution in [0.5, 0.6) is 0 Å². The zero-order chi connectivity index (χ0) is 15.9. The zero-order valence-electron chi connectivity index (χ0n) is 14.1. The van der Waals surface area contributed by atoms with Crippen molar-refractivity contribution < 1.29 is 9.59 Å². The third kappa shape index (κ3) is 2.53. The lowest BCUT2D eigenvalue weighted by atomic mass is 9.85. The molecule has 3 nitrogen and oxygen atoms in total. The molecule has 2 bridgehead atoms. The molecule has 1 aliphatic heterocycles. The van der Waals surface area contributed by atoms with Crippen molar-refractivity contribution in [2.75, 3.05) is 6.54 Å². The first-order chi connectivity index (χ1) is 10.5. The summed E-state index contributed by atoms with van der Waals surface area (Å²) in [6.45, 7) is 7.42. The molecule has 2 amide bonds. The van der Waals surface area contributed by atoms with Gasteiger partial charge in [0.15, 0.2) is 0 Å². The fourth-order valence-corrected chi connectivity index (χ4v) is 4.88. The van der Waals surface area contributed by atoms with Crippen molar-refractivity contribution in [1.29, 1.82) is 0 Å². The molecule has 1 heterocycles. The molecule has 0 spiro atoms. The van der Waals surface area contributed by atoms with Crippen molar-refractivity contribution >= 4 is 11.8 Å². The smallest absolute Gasteiger partial charge is 0.233 e. The minimum atomic E-state index is -0.0287. The van der Waals surface area contributed by atoms with Gasteiger partial charge in [0.05, 0.1) is 11.8 Å². The summed E-state index contributed by atoms with van der Waals surface area (Å²) in [4.78, 5) is 26.8. The van der Waals surface area contributed by atoms with Crippen LogP contribution in [0.25, 0.3) is 0 Å². The van der Waals surface area contributed by atoms with Crippen LogP contribution < -0.4 is 0 Å². The third-order valence-corrected chi connectivity index (χ3v) is 6.12. The Labute approximate surface area is 134 Å². The number of likely N-dealkylation sites (tertiary alicyclic amines) is 1. The maximum Gasteiger partial charge on any atom is 0.233 e. The highest BCUT2D eigenvalue weighted by Crippen LogP contribution is 2.52. The van der Waals surface area contributed by atoms with E-state index in [1.165, 1.54) is 12.8 Å². The molecule has 2 fully saturated rings. The minimum absolute atomic E-state index is 0.0287. The van der Waals surface area contributed by atoms with Crippen LogP contribution in [0.3, 0.4) is 0 Å². The first-order valence-electron chi connectivity index (χ1n) is 9.08. The van der Waals surface area contributed by atoms with Gasteiger partial charge in [0.1, 0.15) is 0 Å². The van der Waals surface area contributed by atoms with E-state index >= 15 is 0 Å². The lowest BCUT2D eigenvalue weighted by molar-refractivity contribution is -0.140. The fourth-order valence-electron chi connectivity index (χ4n) is 4.88. The van der Waals surface area contributed by atoms with E-state index in [2.05, 4.69) is 32.9 Å². The quantitative estimate of drug-likeness (QED) is 0.532. The predicted molar refractivity (Wildman–Crippen MR) is 86.9 cm³/mol. The number of allylic oxidation sites excluding steroid dienone is 2. The van der Waals surface area contributed by atoms with E-state index in [9.17, 15) is 9.59 Å². The van der Waals surface area contributed by atoms with Crippen LogP contribution in [-0.4, -0.2) is 23.3 Å². The molecule has 22 heavy (non-hydrogen) atoms. The van der Waals surface area contributed by atoms with Crippen LogP contribution in [0.1, 0.15) is 52.9 Å². The largest absolute Gasteiger partial charge is 0.282 e. The van der Waals surface area contributed by atoms with Crippen molar-refractivity contribution in [2.45, 2.75) is 52.9 Å². The summed E-state index contributed by atoms with van der Waals surface area (Å²) >= 11 is 0. The SMILES string of the molecule is CCCC(CCCN1C(=O)C2C3C=CC(C3)C2C1=O)C(C)C. The Morgan fingerprint density at radius 3 is 2.18 bits per heavy atom. The van der Waals surface area contributed by atoms with E-state index in [1.54, 1.807) is 4.90 Å². The van der Waals surface area contributed by atoms with Crippen molar-refractivity contribution in [2.24, 2.45) is 35.5 Å². The number of carbonyl (C=O) groups excluding carboxylic acids is 2. The summed E-state index contributed by atoms with van der Waals surface area (Å²) in [5, 5.41) is 0. The van der Waals surface area contributed by atoms with Crippen LogP contribution >= 0.6 is 0 Å². The van der Waals surface area contributed by atoms with Gasteiger partial charge in [0.25, 0.3) is 0 Å². The van der Waals surface area contributed by atoms with Gasteiger partial charge in [-0.3, -0.25) is 14.5 Å². The number of imide groups is 1. The summed E-state index contributed by atoms with van der Waals surface area (Å²) in [6.07, 6.45) is 9.90. The number of fused-ring (bicyclic) bond motifs is 5. The van der Waals surface area contributed by atoms with Crippen LogP contribution in [0.15, 0.2) is 12.2 Å². The first-order valence-corrected chi connectivity index (χ1v) is 9.08. The maximum atomic E-state index is 12.6. The number of carbonyl (C=O) groups is 2. The Kier molecular flexibility index (Phi) is 4.42. The molecule has 122 valence electrons. The Morgan fingerprint density at radius 2 is 1.68 bits per heavy atom. The van der Waals surface area contributed by atoms with Gasteiger partial charge in [0.2, 0.25) is 11.8 Å². The summed E-state index contributed by atoms with van der Waals surface area (Å²) in [6, 6.07) is 0. The van der Waals surface area contributed by atoms with E-state index < -0.39 is 0 Å². The van der Waals surface area contributed by atoms with E-state index in [1.807, 2.05) is 0 Å². The van der Waals surface area contributed by atoms with E-state index in [0.717, 1.165) is 25.2 Å². The highest BCUT2D eigenvalue weighted by atomic mass is 16.2. The number of rotatable bonds is 7. The standard InChI is InChI=1S/C19H29NO2/c1-4-6-13(12(2)3)7-5-10-20-18(21)16-14-8-9-15(11-14)17(16)19(20)22/h8-9,12-17H,4-7,10-11H2,1-3H3. The Morgan fingerprint density at radius 1 is 1.09 bits per heavy atom. The molecule has 1 saturated carbocycles. The Bertz CT molecular complexity index is 452. The van der Waals surface area contributed by atoms with Gasteiger partial charge in [-0.15, -0.1) is 0 Å². The van der Waals surface area contributed by atoms with Crippen LogP contribution in [-0.2, 0) is 9.59 Å². The van der Waals surface area contributed by atoms with Gasteiger partial charge in [-0.2, -0.15) is 0 Å². The molecule has 0 radical (unpaired) electrons. The molecule has 0 aromatic rings. The fraction of sp³-hybridized carbons (Fsp3) is 0.789. The van der Waals surface area contributed by atoms with Crippen molar-refractivity contribution in [3.63, 3.8) is 0 Å². The molecule has 0 aromatic heterocycles. The second kappa shape index (κ2) is 6.17. The van der Waals surface area contributed by atoms with E-state index in [-0.39, 0.29) is 23.7 Å². The maximum absolute atomic E-state index is 12.6. The van der Waals surface area contributed by atoms with Crippen LogP contribution in [0, 0.1) is 35.5 Å². The molecule has 3 aliphatic rings. The lowest BCUT2D eigenvalue weighted by Crippen LogP contribution is -2.34. The number of amides is 2. The molecular formula is C19H29NO2. The van der Waals surface area contributed by atoms with Gasteiger partial charge in [-0.1, -0.05) is 45.8 Å². The number of hydrogen-bond donors (Lipinski definition) is 0. The highest BCUT2D eigenvalue weighted by Gasteiger charge is 2.58. The normalized spacial score (nSPS) is 34.1. The number of nitrogens with zero attached hydrogens (tertiary/aromatic N) is 1. The number of hydrogen-bond acceptors (Lipinski definition) is 2. The molecule has 1 saturated heterocycles. The average Bonchev–Trinajstić information content (AvgIpc) is 3.14. The molecule has 5 atom stereocenters. The second-order valence-corrected chi connectivity index (χ2v) is 7.76. The Hall–Kier alpha value is -1.12. The second-order valence-electron chi connectivity index (χ2n) is 7.76. The van der Waals surface area contributed by atoms with Gasteiger partial charge in [-0.05, 0) is 42.9 Å². The lowest BCUT2D eigenvalue weighted by Gasteiger charge is -2.22. The topological polar surface area (TPSA) is 37.4 Å². The minimum Gasteiger partial charge on any atom is -0.282 e. The van der Waals surface area contributed by atoms with Crippen molar-refractivity contribution in [1.82, 2.24) is 4.90 Å². The highest BCUT2D eigenvalue weighted by molar-refractivity contribution is 6.06. The average molecular weight is 303 g/mol. The summed E-state index contributed by atoms with van der Waals surface area (Å²) in [7, 11) is 0. The molecule has 5 unspecified atom stereocenters. The molecular weight excluding hydrogens is 274 g/mol. The van der Waals surface area contributed by atoms with Crippen molar-refractivity contribution in [3.05, 3.63) is 12.2 Å². The van der Waals surface area contributed by atoms with Gasteiger partial charge >= 0.3 is 0 Å². The van der Waals surface area contributed by atoms with Gasteiger partial charge < -0.3 is 0 Å². The summed E-state index contributed by atoms with van der Waals surface area (Å²) in [5.74, 6) is 2.24. The van der Waals surface area contributed by atoms with Crippen LogP contribution in [0.2, 0.25) is 0 Å². The van der Waals surface area contributed by atoms with Crippen LogP contribution in [0.4, 0.5) is 0 Å². The predicted octanol–water partition coefficient (Wildman–Crippen LogP) is 3.65. The monoisotopic (exact) mass is 303 g/mol. The third-order valence-electron chi connectivity index (χ3n) is 6.12. The van der Waals surface area contributed by atoms with E-state index in [0.29, 0.717) is 24.3 Å². The molecule has 0 N–H and O–H groups in total. The molecule has 2 aliphatic carbocycles. The molecule has 3 heteroatoms. The molecule has 0 aromatic carbocycles. The van der Waals surface area contributed by atoms with Gasteiger partial charge in [-0.25, -0.2) is 0 Å². The zero-order valence-corrected chi connectivity index (χ0v) is 14.1. The van der Waals surface area contributed by atoms with Gasteiger partial charge in [0, 0.05) is 6.54 Å². The summed E-state index contributed by atoms with van der Waals surface area (Å²) in [5.41, 5.74) is 0. The molecule has 3 rings (SSSR count). The summed E-state index contributed by atoms with van der Waals surface area (Å²) < 4.78 is 0. The Balaban J connectivity index is 1.56. The van der Waals surface area contributed by atoms with Crippen molar-refractivity contribution in [3.8, 4) is 0 Å².